The number of likely N-dealkylation sites (tertiary alicyclic amines) is 1. The normalized spacial score (nSPS) is 23.2. The van der Waals surface area contributed by atoms with Crippen molar-refractivity contribution in [3.05, 3.63) is 29.8 Å². The van der Waals surface area contributed by atoms with Crippen molar-refractivity contribution in [3.8, 4) is 0 Å². The summed E-state index contributed by atoms with van der Waals surface area (Å²) in [7, 11) is -3.53. The molecule has 2 fully saturated rings. The molecule has 0 saturated carbocycles. The van der Waals surface area contributed by atoms with Crippen LogP contribution in [0.15, 0.2) is 29.2 Å². The molecule has 0 N–H and O–H groups in total. The van der Waals surface area contributed by atoms with Crippen LogP contribution in [0.1, 0.15) is 36.5 Å². The fourth-order valence-electron chi connectivity index (χ4n) is 3.20. The lowest BCUT2D eigenvalue weighted by atomic mass is 10.1. The van der Waals surface area contributed by atoms with Gasteiger partial charge in [0.15, 0.2) is 0 Å². The molecule has 6 nitrogen and oxygen atoms in total. The fourth-order valence-corrected chi connectivity index (χ4v) is 4.70. The number of morpholine rings is 1. The molecule has 132 valence electrons. The number of carbonyl (C=O) groups excluding carboxylic acids is 1. The van der Waals surface area contributed by atoms with Crippen molar-refractivity contribution in [1.29, 1.82) is 0 Å². The van der Waals surface area contributed by atoms with Crippen molar-refractivity contribution in [3.63, 3.8) is 0 Å². The molecule has 2 aliphatic heterocycles. The third kappa shape index (κ3) is 3.63. The highest BCUT2D eigenvalue weighted by Gasteiger charge is 2.29. The van der Waals surface area contributed by atoms with Crippen LogP contribution in [-0.2, 0) is 14.8 Å². The molecule has 1 amide bonds. The monoisotopic (exact) mass is 352 g/mol. The highest BCUT2D eigenvalue weighted by molar-refractivity contribution is 7.89. The zero-order chi connectivity index (χ0) is 17.2. The van der Waals surface area contributed by atoms with Crippen molar-refractivity contribution in [1.82, 2.24) is 9.21 Å². The maximum Gasteiger partial charge on any atom is 0.253 e. The average Bonchev–Trinajstić information content (AvgIpc) is 2.62. The number of sulfonamides is 1. The Kier molecular flexibility index (Phi) is 5.22. The molecule has 2 heterocycles. The van der Waals surface area contributed by atoms with Crippen LogP contribution in [0.5, 0.6) is 0 Å². The van der Waals surface area contributed by atoms with Crippen molar-refractivity contribution in [2.45, 2.75) is 37.2 Å². The lowest BCUT2D eigenvalue weighted by Gasteiger charge is -2.30. The first kappa shape index (κ1) is 17.4. The van der Waals surface area contributed by atoms with Gasteiger partial charge < -0.3 is 9.64 Å². The van der Waals surface area contributed by atoms with Crippen LogP contribution in [0.2, 0.25) is 0 Å². The molecular weight excluding hydrogens is 328 g/mol. The van der Waals surface area contributed by atoms with E-state index in [4.69, 9.17) is 4.74 Å². The summed E-state index contributed by atoms with van der Waals surface area (Å²) >= 11 is 0. The van der Waals surface area contributed by atoms with Gasteiger partial charge in [-0.1, -0.05) is 0 Å². The van der Waals surface area contributed by atoms with Crippen LogP contribution >= 0.6 is 0 Å². The molecule has 1 aromatic carbocycles. The molecule has 3 rings (SSSR count). The number of ether oxygens (including phenoxy) is 1. The summed E-state index contributed by atoms with van der Waals surface area (Å²) in [5.74, 6) is -0.0151. The van der Waals surface area contributed by atoms with Crippen molar-refractivity contribution in [2.75, 3.05) is 32.8 Å². The average molecular weight is 352 g/mol. The van der Waals surface area contributed by atoms with E-state index >= 15 is 0 Å². The summed E-state index contributed by atoms with van der Waals surface area (Å²) in [6, 6.07) is 6.31. The van der Waals surface area contributed by atoms with Crippen LogP contribution in [0.4, 0.5) is 0 Å². The van der Waals surface area contributed by atoms with Gasteiger partial charge in [-0.3, -0.25) is 4.79 Å². The molecular formula is C17H24N2O4S. The van der Waals surface area contributed by atoms with E-state index in [1.807, 2.05) is 11.8 Å². The molecule has 1 atom stereocenters. The van der Waals surface area contributed by atoms with Crippen LogP contribution in [0.3, 0.4) is 0 Å². The molecule has 0 spiro atoms. The Morgan fingerprint density at radius 1 is 1.08 bits per heavy atom. The predicted octanol–water partition coefficient (Wildman–Crippen LogP) is 1.72. The van der Waals surface area contributed by atoms with E-state index in [0.29, 0.717) is 25.3 Å². The molecule has 0 aromatic heterocycles. The number of amides is 1. The number of benzene rings is 1. The minimum absolute atomic E-state index is 0.0151. The van der Waals surface area contributed by atoms with Crippen molar-refractivity contribution < 1.29 is 17.9 Å². The SMILES string of the molecule is CC1CN(S(=O)(=O)c2ccc(C(=O)N3CCCCC3)cc2)CCO1. The van der Waals surface area contributed by atoms with Gasteiger partial charge in [-0.2, -0.15) is 4.31 Å². The maximum atomic E-state index is 12.7. The van der Waals surface area contributed by atoms with Gasteiger partial charge in [0.1, 0.15) is 0 Å². The van der Waals surface area contributed by atoms with Crippen LogP contribution in [-0.4, -0.2) is 62.4 Å². The van der Waals surface area contributed by atoms with Crippen LogP contribution < -0.4 is 0 Å². The predicted molar refractivity (Wildman–Crippen MR) is 90.4 cm³/mol. The van der Waals surface area contributed by atoms with Gasteiger partial charge in [0, 0.05) is 31.7 Å². The van der Waals surface area contributed by atoms with Gasteiger partial charge in [0.25, 0.3) is 5.91 Å². The first-order valence-electron chi connectivity index (χ1n) is 8.49. The number of hydrogen-bond donors (Lipinski definition) is 0. The molecule has 2 saturated heterocycles. The van der Waals surface area contributed by atoms with Gasteiger partial charge >= 0.3 is 0 Å². The number of hydrogen-bond acceptors (Lipinski definition) is 4. The zero-order valence-corrected chi connectivity index (χ0v) is 14.8. The van der Waals surface area contributed by atoms with Crippen molar-refractivity contribution in [2.24, 2.45) is 0 Å². The third-order valence-corrected chi connectivity index (χ3v) is 6.47. The minimum Gasteiger partial charge on any atom is -0.376 e. The first-order valence-corrected chi connectivity index (χ1v) is 9.93. The molecule has 0 radical (unpaired) electrons. The van der Waals surface area contributed by atoms with E-state index < -0.39 is 10.0 Å². The summed E-state index contributed by atoms with van der Waals surface area (Å²) in [5.41, 5.74) is 0.547. The first-order chi connectivity index (χ1) is 11.5. The molecule has 1 unspecified atom stereocenters. The number of piperidine rings is 1. The lowest BCUT2D eigenvalue weighted by molar-refractivity contribution is 0.0102. The second kappa shape index (κ2) is 7.21. The number of nitrogens with zero attached hydrogens (tertiary/aromatic N) is 2. The Balaban J connectivity index is 1.74. The fraction of sp³-hybridized carbons (Fsp3) is 0.588. The Morgan fingerprint density at radius 3 is 2.38 bits per heavy atom. The smallest absolute Gasteiger partial charge is 0.253 e. The molecule has 7 heteroatoms. The third-order valence-electron chi connectivity index (χ3n) is 4.59. The van der Waals surface area contributed by atoms with E-state index in [1.54, 1.807) is 12.1 Å². The topological polar surface area (TPSA) is 66.9 Å². The molecule has 0 aliphatic carbocycles. The van der Waals surface area contributed by atoms with Gasteiger partial charge in [0.2, 0.25) is 10.0 Å². The van der Waals surface area contributed by atoms with E-state index in [0.717, 1.165) is 25.9 Å². The van der Waals surface area contributed by atoms with E-state index in [9.17, 15) is 13.2 Å². The van der Waals surface area contributed by atoms with Crippen LogP contribution in [0, 0.1) is 0 Å². The van der Waals surface area contributed by atoms with Crippen LogP contribution in [0.25, 0.3) is 0 Å². The van der Waals surface area contributed by atoms with E-state index in [2.05, 4.69) is 0 Å². The summed E-state index contributed by atoms with van der Waals surface area (Å²) in [5, 5.41) is 0. The highest BCUT2D eigenvalue weighted by Crippen LogP contribution is 2.20. The summed E-state index contributed by atoms with van der Waals surface area (Å²) in [4.78, 5) is 14.5. The standard InChI is InChI=1S/C17H24N2O4S/c1-14-13-19(11-12-23-14)24(21,22)16-7-5-15(6-8-16)17(20)18-9-3-2-4-10-18/h5-8,14H,2-4,9-13H2,1H3. The summed E-state index contributed by atoms with van der Waals surface area (Å²) in [6.07, 6.45) is 3.13. The highest BCUT2D eigenvalue weighted by atomic mass is 32.2. The molecule has 24 heavy (non-hydrogen) atoms. The molecule has 0 bridgehead atoms. The zero-order valence-electron chi connectivity index (χ0n) is 14.0. The molecule has 2 aliphatic rings. The Bertz CT molecular complexity index is 681. The van der Waals surface area contributed by atoms with Gasteiger partial charge in [-0.25, -0.2) is 8.42 Å². The summed E-state index contributed by atoms with van der Waals surface area (Å²) < 4.78 is 32.2. The largest absolute Gasteiger partial charge is 0.376 e. The molecule has 1 aromatic rings. The Labute approximate surface area is 143 Å². The second-order valence-electron chi connectivity index (χ2n) is 6.42. The van der Waals surface area contributed by atoms with Gasteiger partial charge in [-0.15, -0.1) is 0 Å². The van der Waals surface area contributed by atoms with Crippen molar-refractivity contribution >= 4 is 15.9 Å². The summed E-state index contributed by atoms with van der Waals surface area (Å²) in [6.45, 7) is 4.56. The second-order valence-corrected chi connectivity index (χ2v) is 8.36. The Morgan fingerprint density at radius 2 is 1.75 bits per heavy atom. The lowest BCUT2D eigenvalue weighted by Crippen LogP contribution is -2.44. The quantitative estimate of drug-likeness (QED) is 0.831. The maximum absolute atomic E-state index is 12.7. The van der Waals surface area contributed by atoms with Gasteiger partial charge in [0.05, 0.1) is 17.6 Å². The van der Waals surface area contributed by atoms with E-state index in [-0.39, 0.29) is 16.9 Å². The Hall–Kier alpha value is -1.44. The van der Waals surface area contributed by atoms with E-state index in [1.165, 1.54) is 22.9 Å². The van der Waals surface area contributed by atoms with Gasteiger partial charge in [-0.05, 0) is 50.5 Å². The number of carbonyl (C=O) groups is 1. The minimum atomic E-state index is -3.53. The number of rotatable bonds is 3.